The fourth-order valence-corrected chi connectivity index (χ4v) is 5.45. The lowest BCUT2D eigenvalue weighted by molar-refractivity contribution is -0.126. The van der Waals surface area contributed by atoms with Crippen LogP contribution < -0.4 is 26.6 Å². The minimum absolute atomic E-state index is 0.0124. The maximum absolute atomic E-state index is 13.5. The molecule has 296 valence electrons. The first kappa shape index (κ1) is 45.0. The molecule has 0 aromatic heterocycles. The third-order valence-corrected chi connectivity index (χ3v) is 8.13. The largest absolute Gasteiger partial charge is 0.444 e. The minimum Gasteiger partial charge on any atom is -0.444 e. The Balaban J connectivity index is 2.19. The van der Waals surface area contributed by atoms with Crippen LogP contribution in [0.15, 0.2) is 60.7 Å². The molecule has 4 amide bonds. The van der Waals surface area contributed by atoms with Crippen molar-refractivity contribution in [1.29, 1.82) is 0 Å². The van der Waals surface area contributed by atoms with E-state index in [0.717, 1.165) is 11.1 Å². The maximum Gasteiger partial charge on any atom is 0.408 e. The quantitative estimate of drug-likeness (QED) is 0.119. The van der Waals surface area contributed by atoms with Crippen LogP contribution in [0.1, 0.15) is 80.4 Å². The molecule has 0 aliphatic rings. The monoisotopic (exact) mass is 741 g/mol. The summed E-state index contributed by atoms with van der Waals surface area (Å²) in [6, 6.07) is 15.4. The van der Waals surface area contributed by atoms with Gasteiger partial charge in [0.2, 0.25) is 11.8 Å². The van der Waals surface area contributed by atoms with E-state index in [4.69, 9.17) is 9.47 Å². The number of aliphatic hydroxyl groups excluding tert-OH is 2. The maximum atomic E-state index is 13.5. The number of aliphatic hydroxyl groups is 2. The molecule has 0 saturated heterocycles. The van der Waals surface area contributed by atoms with E-state index in [2.05, 4.69) is 26.6 Å². The number of carbonyl (C=O) groups is 4. The molecule has 0 bridgehead atoms. The van der Waals surface area contributed by atoms with E-state index in [0.29, 0.717) is 12.8 Å². The summed E-state index contributed by atoms with van der Waals surface area (Å²) in [6.07, 6.45) is -3.07. The predicted octanol–water partition coefficient (Wildman–Crippen LogP) is 3.85. The van der Waals surface area contributed by atoms with Gasteiger partial charge in [-0.25, -0.2) is 9.59 Å². The van der Waals surface area contributed by atoms with Gasteiger partial charge >= 0.3 is 12.2 Å². The van der Waals surface area contributed by atoms with Crippen molar-refractivity contribution in [2.24, 2.45) is 11.8 Å². The molecule has 7 N–H and O–H groups in total. The molecule has 13 heteroatoms. The summed E-state index contributed by atoms with van der Waals surface area (Å²) in [5, 5.41) is 37.1. The van der Waals surface area contributed by atoms with Crippen molar-refractivity contribution in [3.63, 3.8) is 0 Å². The van der Waals surface area contributed by atoms with E-state index >= 15 is 0 Å². The first-order valence-electron chi connectivity index (χ1n) is 18.4. The minimum atomic E-state index is -1.11. The van der Waals surface area contributed by atoms with Gasteiger partial charge in [0.15, 0.2) is 0 Å². The van der Waals surface area contributed by atoms with Crippen LogP contribution in [0, 0.1) is 11.8 Å². The fraction of sp³-hybridized carbons (Fsp3) is 0.600. The van der Waals surface area contributed by atoms with E-state index in [1.165, 1.54) is 0 Å². The van der Waals surface area contributed by atoms with Gasteiger partial charge in [-0.2, -0.15) is 0 Å². The van der Waals surface area contributed by atoms with Crippen molar-refractivity contribution >= 4 is 24.0 Å². The number of benzene rings is 2. The third kappa shape index (κ3) is 17.5. The normalized spacial score (nSPS) is 15.4. The summed E-state index contributed by atoms with van der Waals surface area (Å²) in [5.74, 6) is -1.51. The summed E-state index contributed by atoms with van der Waals surface area (Å²) in [6.45, 7) is 17.6. The van der Waals surface area contributed by atoms with Crippen molar-refractivity contribution in [2.75, 3.05) is 13.1 Å². The van der Waals surface area contributed by atoms with Crippen LogP contribution in [-0.4, -0.2) is 94.9 Å². The molecule has 0 unspecified atom stereocenters. The van der Waals surface area contributed by atoms with Crippen LogP contribution in [0.5, 0.6) is 0 Å². The average molecular weight is 742 g/mol. The second-order valence-electron chi connectivity index (χ2n) is 16.1. The number of hydrogen-bond donors (Lipinski definition) is 7. The third-order valence-electron chi connectivity index (χ3n) is 8.13. The van der Waals surface area contributed by atoms with Gasteiger partial charge in [-0.05, 0) is 77.3 Å². The lowest BCUT2D eigenvalue weighted by Gasteiger charge is -2.31. The standard InChI is InChI=1S/C40H63N5O8/c1-25(2)33(44-37(50)52-39(5,6)7)35(48)42-29(21-27-17-13-11-14-18-27)31(46)23-41-24-32(47)30(22-28-19-15-12-16-20-28)43-36(49)34(26(3)4)45-38(51)53-40(8,9)10/h11-20,25-26,29-34,41,46-47H,21-24H2,1-10H3,(H,42,48)(H,43,49)(H,44,50)(H,45,51)/t29-,30-,31+,32+,33-,34-/m0/s1. The van der Waals surface area contributed by atoms with Crippen molar-refractivity contribution in [1.82, 2.24) is 26.6 Å². The Bertz CT molecular complexity index is 1320. The molecule has 2 rings (SSSR count). The van der Waals surface area contributed by atoms with E-state index in [-0.39, 0.29) is 24.9 Å². The highest BCUT2D eigenvalue weighted by atomic mass is 16.6. The van der Waals surface area contributed by atoms with Gasteiger partial charge in [-0.3, -0.25) is 9.59 Å². The molecule has 0 saturated carbocycles. The highest BCUT2D eigenvalue weighted by Gasteiger charge is 2.33. The van der Waals surface area contributed by atoms with Gasteiger partial charge in [-0.1, -0.05) is 88.4 Å². The first-order chi connectivity index (χ1) is 24.6. The van der Waals surface area contributed by atoms with Crippen LogP contribution in [0.25, 0.3) is 0 Å². The number of hydrogen-bond acceptors (Lipinski definition) is 9. The van der Waals surface area contributed by atoms with E-state index in [1.54, 1.807) is 69.2 Å². The van der Waals surface area contributed by atoms with Gasteiger partial charge in [0.25, 0.3) is 0 Å². The molecule has 13 nitrogen and oxygen atoms in total. The molecule has 2 aromatic carbocycles. The summed E-state index contributed by atoms with van der Waals surface area (Å²) >= 11 is 0. The van der Waals surface area contributed by atoms with E-state index in [1.807, 2.05) is 60.7 Å². The molecule has 0 heterocycles. The Labute approximate surface area is 315 Å². The Morgan fingerprint density at radius 3 is 1.17 bits per heavy atom. The summed E-state index contributed by atoms with van der Waals surface area (Å²) in [7, 11) is 0. The SMILES string of the molecule is CC(C)[C@H](NC(=O)OC(C)(C)C)C(=O)N[C@@H](Cc1ccccc1)[C@H](O)CNC[C@@H](O)[C@H](Cc1ccccc1)NC(=O)[C@@H](NC(=O)OC(C)(C)C)C(C)C. The number of amides is 4. The Morgan fingerprint density at radius 1 is 0.566 bits per heavy atom. The number of alkyl carbamates (subject to hydrolysis) is 2. The van der Waals surface area contributed by atoms with Gasteiger partial charge in [-0.15, -0.1) is 0 Å². The molecule has 2 aromatic rings. The molecule has 0 aliphatic carbocycles. The second kappa shape index (κ2) is 20.9. The average Bonchev–Trinajstić information content (AvgIpc) is 3.04. The Kier molecular flexibility index (Phi) is 17.7. The molecule has 53 heavy (non-hydrogen) atoms. The van der Waals surface area contributed by atoms with Crippen LogP contribution in [0.3, 0.4) is 0 Å². The Morgan fingerprint density at radius 2 is 0.887 bits per heavy atom. The number of carbonyl (C=O) groups excluding carboxylic acids is 4. The number of ether oxygens (including phenoxy) is 2. The van der Waals surface area contributed by atoms with Crippen LogP contribution in [0.4, 0.5) is 9.59 Å². The molecular weight excluding hydrogens is 678 g/mol. The Hall–Kier alpha value is -4.20. The zero-order valence-electron chi connectivity index (χ0n) is 33.1. The fourth-order valence-electron chi connectivity index (χ4n) is 5.45. The van der Waals surface area contributed by atoms with Gasteiger partial charge in [0.1, 0.15) is 23.3 Å². The van der Waals surface area contributed by atoms with E-state index < -0.39 is 71.6 Å². The topological polar surface area (TPSA) is 187 Å². The summed E-state index contributed by atoms with van der Waals surface area (Å²) in [4.78, 5) is 52.2. The molecule has 6 atom stereocenters. The van der Waals surface area contributed by atoms with Gasteiger partial charge in [0, 0.05) is 13.1 Å². The smallest absolute Gasteiger partial charge is 0.408 e. The van der Waals surface area contributed by atoms with Crippen molar-refractivity contribution < 1.29 is 38.9 Å². The summed E-state index contributed by atoms with van der Waals surface area (Å²) in [5.41, 5.74) is 0.257. The number of nitrogens with one attached hydrogen (secondary N) is 5. The van der Waals surface area contributed by atoms with Crippen LogP contribution in [0.2, 0.25) is 0 Å². The van der Waals surface area contributed by atoms with Crippen LogP contribution >= 0.6 is 0 Å². The molecule has 0 radical (unpaired) electrons. The van der Waals surface area contributed by atoms with Crippen molar-refractivity contribution in [3.05, 3.63) is 71.8 Å². The second-order valence-corrected chi connectivity index (χ2v) is 16.1. The lowest BCUT2D eigenvalue weighted by Crippen LogP contribution is -2.58. The highest BCUT2D eigenvalue weighted by Crippen LogP contribution is 2.14. The zero-order chi connectivity index (χ0) is 39.9. The zero-order valence-corrected chi connectivity index (χ0v) is 33.1. The van der Waals surface area contributed by atoms with Gasteiger partial charge < -0.3 is 46.3 Å². The molecule has 0 fully saturated rings. The van der Waals surface area contributed by atoms with Crippen molar-refractivity contribution in [2.45, 2.75) is 130 Å². The summed E-state index contributed by atoms with van der Waals surface area (Å²) < 4.78 is 10.7. The van der Waals surface area contributed by atoms with Crippen LogP contribution in [-0.2, 0) is 31.9 Å². The first-order valence-corrected chi connectivity index (χ1v) is 18.4. The molecule has 0 spiro atoms. The number of rotatable bonds is 18. The lowest BCUT2D eigenvalue weighted by atomic mass is 9.97. The molecule has 0 aliphatic heterocycles. The predicted molar refractivity (Wildman–Crippen MR) is 205 cm³/mol. The van der Waals surface area contributed by atoms with Crippen molar-refractivity contribution in [3.8, 4) is 0 Å². The van der Waals surface area contributed by atoms with Gasteiger partial charge in [0.05, 0.1) is 24.3 Å². The van der Waals surface area contributed by atoms with E-state index in [9.17, 15) is 29.4 Å². The highest BCUT2D eigenvalue weighted by molar-refractivity contribution is 5.87. The molecular formula is C40H63N5O8.